The number of aliphatic hydroxyl groups excluding tert-OH is 1. The second-order valence-corrected chi connectivity index (χ2v) is 14.8. The molecular weight excluding hydrogens is 705 g/mol. The van der Waals surface area contributed by atoms with Crippen molar-refractivity contribution in [3.8, 4) is 0 Å². The van der Waals surface area contributed by atoms with Gasteiger partial charge in [-0.3, -0.25) is 14.4 Å². The molecule has 56 heavy (non-hydrogen) atoms. The standard InChI is InChI=1S/C47H80N2O7/c1-3-5-7-9-11-13-14-15-16-17-18-19-20-21-22-23-25-31-35-39-46(53)56-42(36-32-28-24-12-10-8-6-4-2)37-33-29-26-27-30-34-38-44(51)48-40-45(52)49-43(41-50)47(54)55/h5,7,11,13,15-16,18-19,32,36,42-43,50H,3-4,6,8-10,12,14,17,20-31,33-35,37-41H2,1-2H3,(H,48,51)(H,49,52)(H,54,55)/b7-5-,13-11-,16-15-,19-18-,36-32-. The Morgan fingerprint density at radius 1 is 0.571 bits per heavy atom. The number of aliphatic carboxylic acids is 1. The summed E-state index contributed by atoms with van der Waals surface area (Å²) < 4.78 is 5.94. The van der Waals surface area contributed by atoms with E-state index < -0.39 is 24.5 Å². The van der Waals surface area contributed by atoms with Crippen LogP contribution >= 0.6 is 0 Å². The van der Waals surface area contributed by atoms with Gasteiger partial charge in [0.2, 0.25) is 11.8 Å². The number of esters is 1. The van der Waals surface area contributed by atoms with Crippen LogP contribution < -0.4 is 10.6 Å². The van der Waals surface area contributed by atoms with Crippen molar-refractivity contribution in [3.63, 3.8) is 0 Å². The van der Waals surface area contributed by atoms with Gasteiger partial charge in [0, 0.05) is 12.8 Å². The number of allylic oxidation sites excluding steroid dienone is 9. The minimum absolute atomic E-state index is 0.0931. The highest BCUT2D eigenvalue weighted by Crippen LogP contribution is 2.16. The molecule has 320 valence electrons. The fourth-order valence-corrected chi connectivity index (χ4v) is 6.09. The number of unbranched alkanes of at least 4 members (excludes halogenated alkanes) is 17. The molecule has 0 aliphatic carbocycles. The molecule has 0 radical (unpaired) electrons. The van der Waals surface area contributed by atoms with Crippen LogP contribution in [-0.4, -0.2) is 59.3 Å². The topological polar surface area (TPSA) is 142 Å². The predicted octanol–water partition coefficient (Wildman–Crippen LogP) is 10.9. The molecule has 0 aliphatic rings. The number of rotatable bonds is 39. The molecule has 0 aliphatic heterocycles. The highest BCUT2D eigenvalue weighted by atomic mass is 16.5. The van der Waals surface area contributed by atoms with Crippen LogP contribution in [0.3, 0.4) is 0 Å². The van der Waals surface area contributed by atoms with Crippen molar-refractivity contribution < 1.29 is 34.1 Å². The Hall–Kier alpha value is -3.46. The van der Waals surface area contributed by atoms with E-state index in [0.717, 1.165) is 96.3 Å². The summed E-state index contributed by atoms with van der Waals surface area (Å²) in [6.07, 6.45) is 49.8. The van der Waals surface area contributed by atoms with Crippen LogP contribution in [0.25, 0.3) is 0 Å². The number of carbonyl (C=O) groups excluding carboxylic acids is 3. The molecule has 9 nitrogen and oxygen atoms in total. The summed E-state index contributed by atoms with van der Waals surface area (Å²) in [5, 5.41) is 22.5. The average Bonchev–Trinajstić information content (AvgIpc) is 3.18. The molecule has 0 aromatic heterocycles. The lowest BCUT2D eigenvalue weighted by Gasteiger charge is -2.15. The maximum absolute atomic E-state index is 12.7. The number of carboxylic acids is 1. The summed E-state index contributed by atoms with van der Waals surface area (Å²) in [5.41, 5.74) is 0. The van der Waals surface area contributed by atoms with E-state index in [1.807, 2.05) is 0 Å². The van der Waals surface area contributed by atoms with Crippen LogP contribution in [-0.2, 0) is 23.9 Å². The van der Waals surface area contributed by atoms with Gasteiger partial charge in [0.05, 0.1) is 13.2 Å². The van der Waals surface area contributed by atoms with Gasteiger partial charge in [-0.05, 0) is 83.1 Å². The Kier molecular flexibility index (Phi) is 38.6. The second kappa shape index (κ2) is 41.2. The summed E-state index contributed by atoms with van der Waals surface area (Å²) in [4.78, 5) is 47.4. The van der Waals surface area contributed by atoms with E-state index in [4.69, 9.17) is 14.9 Å². The van der Waals surface area contributed by atoms with Crippen molar-refractivity contribution in [2.75, 3.05) is 13.2 Å². The molecule has 0 aromatic rings. The van der Waals surface area contributed by atoms with Crippen molar-refractivity contribution in [2.45, 2.75) is 199 Å². The fraction of sp³-hybridized carbons (Fsp3) is 0.702. The maximum atomic E-state index is 12.7. The SMILES string of the molecule is CC/C=C\C/C=C\C/C=C\C/C=C\CCCCCCCCC(=O)OC(/C=C\CCCCCCCC)CCCCCCCCC(=O)NCC(=O)NC(CO)C(=O)O. The van der Waals surface area contributed by atoms with Crippen molar-refractivity contribution in [3.05, 3.63) is 60.8 Å². The lowest BCUT2D eigenvalue weighted by Crippen LogP contribution is -2.47. The highest BCUT2D eigenvalue weighted by Gasteiger charge is 2.18. The van der Waals surface area contributed by atoms with Crippen LogP contribution in [0, 0.1) is 0 Å². The van der Waals surface area contributed by atoms with Crippen molar-refractivity contribution in [1.82, 2.24) is 10.6 Å². The molecular formula is C47H80N2O7. The third-order valence-electron chi connectivity index (χ3n) is 9.48. The normalized spacial score (nSPS) is 13.1. The number of nitrogens with one attached hydrogen (secondary N) is 2. The summed E-state index contributed by atoms with van der Waals surface area (Å²) >= 11 is 0. The molecule has 2 atom stereocenters. The third kappa shape index (κ3) is 37.5. The first-order valence-corrected chi connectivity index (χ1v) is 22.2. The maximum Gasteiger partial charge on any atom is 0.328 e. The van der Waals surface area contributed by atoms with E-state index in [1.165, 1.54) is 57.8 Å². The highest BCUT2D eigenvalue weighted by molar-refractivity contribution is 5.87. The summed E-state index contributed by atoms with van der Waals surface area (Å²) in [5.74, 6) is -2.34. The van der Waals surface area contributed by atoms with Gasteiger partial charge in [0.1, 0.15) is 12.1 Å². The summed E-state index contributed by atoms with van der Waals surface area (Å²) in [6, 6.07) is -1.38. The molecule has 0 spiro atoms. The first-order valence-electron chi connectivity index (χ1n) is 22.2. The zero-order valence-electron chi connectivity index (χ0n) is 35.4. The molecule has 0 saturated heterocycles. The molecule has 9 heteroatoms. The number of aliphatic hydroxyl groups is 1. The van der Waals surface area contributed by atoms with Gasteiger partial charge in [-0.25, -0.2) is 4.79 Å². The van der Waals surface area contributed by atoms with Gasteiger partial charge >= 0.3 is 11.9 Å². The lowest BCUT2D eigenvalue weighted by atomic mass is 10.0. The molecule has 4 N–H and O–H groups in total. The van der Waals surface area contributed by atoms with Gasteiger partial charge < -0.3 is 25.6 Å². The molecule has 0 bridgehead atoms. The van der Waals surface area contributed by atoms with E-state index in [0.29, 0.717) is 19.3 Å². The number of hydrogen-bond donors (Lipinski definition) is 4. The number of ether oxygens (including phenoxy) is 1. The fourth-order valence-electron chi connectivity index (χ4n) is 6.09. The van der Waals surface area contributed by atoms with Crippen LogP contribution in [0.2, 0.25) is 0 Å². The molecule has 0 aromatic carbocycles. The number of carboxylic acid groups (broad SMARTS) is 1. The zero-order chi connectivity index (χ0) is 41.2. The summed E-state index contributed by atoms with van der Waals surface area (Å²) in [6.45, 7) is 3.35. The number of amides is 2. The molecule has 0 rings (SSSR count). The van der Waals surface area contributed by atoms with E-state index in [2.05, 4.69) is 85.2 Å². The minimum atomic E-state index is -1.38. The Balaban J connectivity index is 4.23. The van der Waals surface area contributed by atoms with Crippen molar-refractivity contribution >= 4 is 23.8 Å². The van der Waals surface area contributed by atoms with Gasteiger partial charge in [-0.15, -0.1) is 0 Å². The minimum Gasteiger partial charge on any atom is -0.480 e. The Morgan fingerprint density at radius 3 is 1.64 bits per heavy atom. The van der Waals surface area contributed by atoms with Crippen molar-refractivity contribution in [2.24, 2.45) is 0 Å². The smallest absolute Gasteiger partial charge is 0.328 e. The van der Waals surface area contributed by atoms with E-state index in [-0.39, 0.29) is 24.5 Å². The van der Waals surface area contributed by atoms with Gasteiger partial charge in [0.25, 0.3) is 0 Å². The van der Waals surface area contributed by atoms with E-state index in [1.54, 1.807) is 0 Å². The average molecular weight is 785 g/mol. The van der Waals surface area contributed by atoms with E-state index >= 15 is 0 Å². The third-order valence-corrected chi connectivity index (χ3v) is 9.48. The first-order chi connectivity index (χ1) is 27.3. The van der Waals surface area contributed by atoms with E-state index in [9.17, 15) is 19.2 Å². The van der Waals surface area contributed by atoms with Gasteiger partial charge in [-0.2, -0.15) is 0 Å². The molecule has 2 amide bonds. The van der Waals surface area contributed by atoms with Gasteiger partial charge in [-0.1, -0.05) is 152 Å². The molecule has 0 heterocycles. The number of carbonyl (C=O) groups is 4. The quantitative estimate of drug-likeness (QED) is 0.0276. The van der Waals surface area contributed by atoms with Crippen LogP contribution in [0.15, 0.2) is 60.8 Å². The predicted molar refractivity (Wildman–Crippen MR) is 231 cm³/mol. The second-order valence-electron chi connectivity index (χ2n) is 14.8. The van der Waals surface area contributed by atoms with Crippen molar-refractivity contribution in [1.29, 1.82) is 0 Å². The molecule has 0 saturated carbocycles. The largest absolute Gasteiger partial charge is 0.480 e. The van der Waals surface area contributed by atoms with Gasteiger partial charge in [0.15, 0.2) is 0 Å². The van der Waals surface area contributed by atoms with Crippen LogP contribution in [0.4, 0.5) is 0 Å². The first kappa shape index (κ1) is 52.5. The Morgan fingerprint density at radius 2 is 1.07 bits per heavy atom. The summed E-state index contributed by atoms with van der Waals surface area (Å²) in [7, 11) is 0. The Labute approximate surface area is 341 Å². The van der Waals surface area contributed by atoms with Crippen LogP contribution in [0.1, 0.15) is 187 Å². The molecule has 0 fully saturated rings. The van der Waals surface area contributed by atoms with Crippen LogP contribution in [0.5, 0.6) is 0 Å². The number of hydrogen-bond acceptors (Lipinski definition) is 6. The monoisotopic (exact) mass is 785 g/mol. The zero-order valence-corrected chi connectivity index (χ0v) is 35.4. The lowest BCUT2D eigenvalue weighted by molar-refractivity contribution is -0.147. The molecule has 2 unspecified atom stereocenters. The Bertz CT molecular complexity index is 1130.